The van der Waals surface area contributed by atoms with Crippen molar-refractivity contribution in [3.8, 4) is 0 Å². The molecule has 0 amide bonds. The third kappa shape index (κ3) is 2.70. The summed E-state index contributed by atoms with van der Waals surface area (Å²) in [7, 11) is 0. The number of aryl methyl sites for hydroxylation is 1. The number of H-pyrrole nitrogens is 1. The van der Waals surface area contributed by atoms with Crippen molar-refractivity contribution in [2.24, 2.45) is 0 Å². The standard InChI is InChI=1S/C11H17N5/c1-2-3-16-9-13-8-11(16)7-12-4-10-5-14-15-6-10/h5-6,8-9,12H,2-4,7H2,1H3,(H,14,15). The normalized spacial score (nSPS) is 10.8. The fourth-order valence-electron chi connectivity index (χ4n) is 1.65. The Morgan fingerprint density at radius 1 is 1.38 bits per heavy atom. The van der Waals surface area contributed by atoms with Crippen molar-refractivity contribution in [2.75, 3.05) is 0 Å². The molecule has 16 heavy (non-hydrogen) atoms. The second kappa shape index (κ2) is 5.46. The number of rotatable bonds is 6. The Hall–Kier alpha value is -1.62. The number of nitrogens with one attached hydrogen (secondary N) is 2. The van der Waals surface area contributed by atoms with E-state index in [1.807, 2.05) is 24.9 Å². The summed E-state index contributed by atoms with van der Waals surface area (Å²) >= 11 is 0. The number of hydrogen-bond acceptors (Lipinski definition) is 3. The van der Waals surface area contributed by atoms with Gasteiger partial charge in [0.25, 0.3) is 0 Å². The lowest BCUT2D eigenvalue weighted by Crippen LogP contribution is -2.15. The quantitative estimate of drug-likeness (QED) is 0.770. The monoisotopic (exact) mass is 219 g/mol. The Bertz CT molecular complexity index is 404. The summed E-state index contributed by atoms with van der Waals surface area (Å²) in [4.78, 5) is 4.16. The van der Waals surface area contributed by atoms with Crippen LogP contribution in [0.2, 0.25) is 0 Å². The SMILES string of the molecule is CCCn1cncc1CNCc1cn[nH]c1. The lowest BCUT2D eigenvalue weighted by atomic mass is 10.3. The average Bonchev–Trinajstić information content (AvgIpc) is 2.91. The van der Waals surface area contributed by atoms with Crippen molar-refractivity contribution in [1.29, 1.82) is 0 Å². The largest absolute Gasteiger partial charge is 0.333 e. The Labute approximate surface area is 94.9 Å². The van der Waals surface area contributed by atoms with E-state index in [0.29, 0.717) is 0 Å². The molecule has 0 spiro atoms. The van der Waals surface area contributed by atoms with Crippen LogP contribution in [0.4, 0.5) is 0 Å². The van der Waals surface area contributed by atoms with Crippen LogP contribution in [-0.4, -0.2) is 19.7 Å². The van der Waals surface area contributed by atoms with Crippen LogP contribution in [0.3, 0.4) is 0 Å². The van der Waals surface area contributed by atoms with Gasteiger partial charge in [-0.1, -0.05) is 6.92 Å². The summed E-state index contributed by atoms with van der Waals surface area (Å²) in [6.07, 6.45) is 8.66. The second-order valence-corrected chi connectivity index (χ2v) is 3.79. The molecule has 0 bridgehead atoms. The highest BCUT2D eigenvalue weighted by Gasteiger charge is 2.00. The lowest BCUT2D eigenvalue weighted by Gasteiger charge is -2.07. The summed E-state index contributed by atoms with van der Waals surface area (Å²) in [6.45, 7) is 4.87. The van der Waals surface area contributed by atoms with Gasteiger partial charge in [-0.25, -0.2) is 4.98 Å². The molecule has 0 unspecified atom stereocenters. The molecule has 0 aliphatic rings. The van der Waals surface area contributed by atoms with E-state index in [1.54, 1.807) is 0 Å². The van der Waals surface area contributed by atoms with Gasteiger partial charge >= 0.3 is 0 Å². The molecule has 2 heterocycles. The van der Waals surface area contributed by atoms with E-state index in [4.69, 9.17) is 0 Å². The highest BCUT2D eigenvalue weighted by atomic mass is 15.1. The highest BCUT2D eigenvalue weighted by Crippen LogP contribution is 2.01. The summed E-state index contributed by atoms with van der Waals surface area (Å²) in [5.41, 5.74) is 2.40. The van der Waals surface area contributed by atoms with Crippen LogP contribution in [0.25, 0.3) is 0 Å². The maximum absolute atomic E-state index is 4.16. The van der Waals surface area contributed by atoms with E-state index in [9.17, 15) is 0 Å². The maximum atomic E-state index is 4.16. The number of nitrogens with zero attached hydrogens (tertiary/aromatic N) is 3. The Balaban J connectivity index is 1.82. The number of imidazole rings is 1. The molecule has 0 aliphatic carbocycles. The van der Waals surface area contributed by atoms with Crippen molar-refractivity contribution < 1.29 is 0 Å². The molecule has 5 heteroatoms. The lowest BCUT2D eigenvalue weighted by molar-refractivity contribution is 0.601. The third-order valence-electron chi connectivity index (χ3n) is 2.45. The molecule has 0 saturated carbocycles. The molecule has 2 aromatic rings. The van der Waals surface area contributed by atoms with Crippen LogP contribution in [0.15, 0.2) is 24.9 Å². The molecule has 86 valence electrons. The third-order valence-corrected chi connectivity index (χ3v) is 2.45. The van der Waals surface area contributed by atoms with E-state index in [-0.39, 0.29) is 0 Å². The van der Waals surface area contributed by atoms with Crippen LogP contribution in [0.5, 0.6) is 0 Å². The second-order valence-electron chi connectivity index (χ2n) is 3.79. The first-order valence-electron chi connectivity index (χ1n) is 5.57. The number of hydrogen-bond donors (Lipinski definition) is 2. The Kier molecular flexibility index (Phi) is 3.71. The minimum atomic E-state index is 0.827. The van der Waals surface area contributed by atoms with Crippen LogP contribution in [-0.2, 0) is 19.6 Å². The van der Waals surface area contributed by atoms with Crippen molar-refractivity contribution in [3.05, 3.63) is 36.2 Å². The Morgan fingerprint density at radius 2 is 2.31 bits per heavy atom. The van der Waals surface area contributed by atoms with Crippen molar-refractivity contribution in [2.45, 2.75) is 33.0 Å². The first-order valence-corrected chi connectivity index (χ1v) is 5.57. The van der Waals surface area contributed by atoms with E-state index < -0.39 is 0 Å². The molecule has 2 N–H and O–H groups in total. The smallest absolute Gasteiger partial charge is 0.0948 e. The molecule has 0 aromatic carbocycles. The molecule has 0 radical (unpaired) electrons. The molecular formula is C11H17N5. The first kappa shape index (κ1) is 10.9. The van der Waals surface area contributed by atoms with Crippen molar-refractivity contribution in [1.82, 2.24) is 25.1 Å². The summed E-state index contributed by atoms with van der Waals surface area (Å²) in [6, 6.07) is 0. The average molecular weight is 219 g/mol. The Morgan fingerprint density at radius 3 is 3.06 bits per heavy atom. The maximum Gasteiger partial charge on any atom is 0.0948 e. The van der Waals surface area contributed by atoms with Gasteiger partial charge in [-0.3, -0.25) is 5.10 Å². The van der Waals surface area contributed by atoms with Gasteiger partial charge < -0.3 is 9.88 Å². The summed E-state index contributed by atoms with van der Waals surface area (Å²) < 4.78 is 2.18. The van der Waals surface area contributed by atoms with Crippen molar-refractivity contribution in [3.63, 3.8) is 0 Å². The highest BCUT2D eigenvalue weighted by molar-refractivity contribution is 5.03. The molecule has 0 fully saturated rings. The molecule has 2 rings (SSSR count). The number of aromatic nitrogens is 4. The minimum absolute atomic E-state index is 0.827. The van der Waals surface area contributed by atoms with Gasteiger partial charge in [-0.05, 0) is 6.42 Å². The van der Waals surface area contributed by atoms with Gasteiger partial charge in [0, 0.05) is 37.6 Å². The predicted octanol–water partition coefficient (Wildman–Crippen LogP) is 1.31. The van der Waals surface area contributed by atoms with Gasteiger partial charge in [0.2, 0.25) is 0 Å². The van der Waals surface area contributed by atoms with E-state index in [2.05, 4.69) is 32.0 Å². The van der Waals surface area contributed by atoms with Gasteiger partial charge in [-0.15, -0.1) is 0 Å². The van der Waals surface area contributed by atoms with Crippen molar-refractivity contribution >= 4 is 0 Å². The van der Waals surface area contributed by atoms with Gasteiger partial charge in [-0.2, -0.15) is 5.10 Å². The molecule has 0 saturated heterocycles. The van der Waals surface area contributed by atoms with Gasteiger partial charge in [0.15, 0.2) is 0 Å². The van der Waals surface area contributed by atoms with E-state index in [0.717, 1.165) is 26.1 Å². The zero-order valence-corrected chi connectivity index (χ0v) is 9.48. The van der Waals surface area contributed by atoms with E-state index >= 15 is 0 Å². The molecule has 0 aliphatic heterocycles. The predicted molar refractivity (Wildman–Crippen MR) is 61.6 cm³/mol. The zero-order chi connectivity index (χ0) is 11.2. The molecule has 5 nitrogen and oxygen atoms in total. The minimum Gasteiger partial charge on any atom is -0.333 e. The van der Waals surface area contributed by atoms with Crippen LogP contribution in [0, 0.1) is 0 Å². The van der Waals surface area contributed by atoms with Crippen LogP contribution in [0.1, 0.15) is 24.6 Å². The zero-order valence-electron chi connectivity index (χ0n) is 9.48. The fraction of sp³-hybridized carbons (Fsp3) is 0.455. The topological polar surface area (TPSA) is 58.5 Å². The van der Waals surface area contributed by atoms with Gasteiger partial charge in [0.1, 0.15) is 0 Å². The molecule has 0 atom stereocenters. The van der Waals surface area contributed by atoms with Crippen LogP contribution < -0.4 is 5.32 Å². The first-order chi connectivity index (χ1) is 7.90. The van der Waals surface area contributed by atoms with Gasteiger partial charge in [0.05, 0.1) is 18.2 Å². The summed E-state index contributed by atoms with van der Waals surface area (Å²) in [5, 5.41) is 10.1. The summed E-state index contributed by atoms with van der Waals surface area (Å²) in [5.74, 6) is 0. The number of aromatic amines is 1. The molecular weight excluding hydrogens is 202 g/mol. The van der Waals surface area contributed by atoms with E-state index in [1.165, 1.54) is 11.3 Å². The fourth-order valence-corrected chi connectivity index (χ4v) is 1.65. The molecule has 2 aromatic heterocycles. The van der Waals surface area contributed by atoms with Crippen LogP contribution >= 0.6 is 0 Å².